The summed E-state index contributed by atoms with van der Waals surface area (Å²) in [6, 6.07) is 0. The molecule has 0 saturated heterocycles. The maximum Gasteiger partial charge on any atom is 0.253 e. The minimum atomic E-state index is -2.59. The third-order valence-electron chi connectivity index (χ3n) is 0.421. The lowest BCUT2D eigenvalue weighted by atomic mass is 10.5. The van der Waals surface area contributed by atoms with Crippen LogP contribution in [0.3, 0.4) is 0 Å². The first kappa shape index (κ1) is 7.27. The number of halogens is 4. The van der Waals surface area contributed by atoms with Crippen molar-refractivity contribution < 1.29 is 13.2 Å². The van der Waals surface area contributed by atoms with E-state index in [4.69, 9.17) is 0 Å². The maximum atomic E-state index is 11.1. The van der Waals surface area contributed by atoms with Gasteiger partial charge in [-0.2, -0.15) is 0 Å². The average molecular weight is 177 g/mol. The fourth-order valence-corrected chi connectivity index (χ4v) is 0.0673. The van der Waals surface area contributed by atoms with Crippen LogP contribution in [0.1, 0.15) is 0 Å². The Balaban J connectivity index is 3.14. The van der Waals surface area contributed by atoms with Crippen molar-refractivity contribution in [3.8, 4) is 0 Å². The zero-order chi connectivity index (χ0) is 5.86. The Labute approximate surface area is 47.8 Å². The van der Waals surface area contributed by atoms with Crippen molar-refractivity contribution in [2.45, 2.75) is 11.3 Å². The zero-order valence-electron chi connectivity index (χ0n) is 3.37. The minimum Gasteiger partial charge on any atom is -0.250 e. The molecule has 0 aliphatic carbocycles. The lowest BCUT2D eigenvalue weighted by Crippen LogP contribution is -2.11. The predicted molar refractivity (Wildman–Crippen MR) is 24.7 cm³/mol. The topological polar surface area (TPSA) is 0 Å². The Hall–Kier alpha value is 0.270. The van der Waals surface area contributed by atoms with Gasteiger partial charge in [-0.3, -0.25) is 0 Å². The Bertz CT molecular complexity index is 47.4. The van der Waals surface area contributed by atoms with E-state index in [1.807, 2.05) is 0 Å². The summed E-state index contributed by atoms with van der Waals surface area (Å²) >= 11 is 2.42. The van der Waals surface area contributed by atoms with Gasteiger partial charge in [0.15, 0.2) is 0 Å². The monoisotopic (exact) mass is 176 g/mol. The molecule has 0 heterocycles. The molecule has 0 N–H and O–H groups in total. The molecular formula is C3H4BrF3. The smallest absolute Gasteiger partial charge is 0.250 e. The summed E-state index contributed by atoms with van der Waals surface area (Å²) in [5, 5.41) is 0. The van der Waals surface area contributed by atoms with Crippen LogP contribution in [0.4, 0.5) is 13.2 Å². The van der Waals surface area contributed by atoms with Gasteiger partial charge >= 0.3 is 0 Å². The van der Waals surface area contributed by atoms with Crippen LogP contribution in [-0.4, -0.2) is 17.9 Å². The van der Waals surface area contributed by atoms with Crippen LogP contribution in [0.25, 0.3) is 0 Å². The van der Waals surface area contributed by atoms with Crippen LogP contribution in [0, 0.1) is 0 Å². The van der Waals surface area contributed by atoms with E-state index in [1.165, 1.54) is 0 Å². The van der Waals surface area contributed by atoms with Crippen molar-refractivity contribution in [1.82, 2.24) is 0 Å². The largest absolute Gasteiger partial charge is 0.253 e. The van der Waals surface area contributed by atoms with E-state index in [0.29, 0.717) is 0 Å². The van der Waals surface area contributed by atoms with Crippen LogP contribution in [0.2, 0.25) is 0 Å². The van der Waals surface area contributed by atoms with E-state index in [9.17, 15) is 13.2 Å². The van der Waals surface area contributed by atoms with Crippen LogP contribution in [0.5, 0.6) is 0 Å². The molecule has 1 atom stereocenters. The van der Waals surface area contributed by atoms with Gasteiger partial charge in [0, 0.05) is 0 Å². The molecule has 0 rings (SSSR count). The molecule has 0 spiro atoms. The van der Waals surface area contributed by atoms with Gasteiger partial charge in [0.1, 0.15) is 11.5 Å². The Morgan fingerprint density at radius 1 is 1.43 bits per heavy atom. The summed E-state index contributed by atoms with van der Waals surface area (Å²) in [6.07, 6.45) is -2.59. The second-order valence-electron chi connectivity index (χ2n) is 1.00. The highest BCUT2D eigenvalue weighted by Gasteiger charge is 2.14. The van der Waals surface area contributed by atoms with Gasteiger partial charge in [-0.25, -0.2) is 13.2 Å². The average Bonchev–Trinajstić information content (AvgIpc) is 1.65. The van der Waals surface area contributed by atoms with Crippen molar-refractivity contribution in [2.24, 2.45) is 0 Å². The van der Waals surface area contributed by atoms with Crippen LogP contribution < -0.4 is 0 Å². The van der Waals surface area contributed by atoms with Crippen LogP contribution in [0.15, 0.2) is 0 Å². The summed E-state index contributed by atoms with van der Waals surface area (Å²) in [7, 11) is 0. The lowest BCUT2D eigenvalue weighted by Gasteiger charge is -1.98. The fourth-order valence-electron chi connectivity index (χ4n) is 0.0673. The Kier molecular flexibility index (Phi) is 3.42. The first-order chi connectivity index (χ1) is 3.18. The van der Waals surface area contributed by atoms with E-state index in [2.05, 4.69) is 15.9 Å². The van der Waals surface area contributed by atoms with Gasteiger partial charge in [0.2, 0.25) is 0 Å². The molecule has 0 bridgehead atoms. The van der Waals surface area contributed by atoms with Crippen molar-refractivity contribution in [1.29, 1.82) is 0 Å². The highest BCUT2D eigenvalue weighted by atomic mass is 79.9. The van der Waals surface area contributed by atoms with E-state index >= 15 is 0 Å². The standard InChI is InChI=1S/C3H4BrF3/c4-2(1-5)3(6)7/h2-3H,1H2. The molecule has 0 aliphatic heterocycles. The summed E-state index contributed by atoms with van der Waals surface area (Å²) < 4.78 is 33.4. The van der Waals surface area contributed by atoms with Gasteiger partial charge < -0.3 is 0 Å². The Morgan fingerprint density at radius 3 is 1.86 bits per heavy atom. The number of hydrogen-bond donors (Lipinski definition) is 0. The van der Waals surface area contributed by atoms with Crippen LogP contribution >= 0.6 is 15.9 Å². The summed E-state index contributed by atoms with van der Waals surface area (Å²) in [4.78, 5) is -1.28. The second-order valence-corrected chi connectivity index (χ2v) is 2.18. The molecule has 0 nitrogen and oxygen atoms in total. The molecule has 0 amide bonds. The highest BCUT2D eigenvalue weighted by molar-refractivity contribution is 9.09. The quantitative estimate of drug-likeness (QED) is 0.565. The van der Waals surface area contributed by atoms with Crippen molar-refractivity contribution in [2.75, 3.05) is 6.67 Å². The van der Waals surface area contributed by atoms with Gasteiger partial charge in [-0.1, -0.05) is 15.9 Å². The number of alkyl halides is 4. The first-order valence-corrected chi connectivity index (χ1v) is 2.58. The number of rotatable bonds is 2. The summed E-state index contributed by atoms with van der Waals surface area (Å²) in [5.74, 6) is 0. The predicted octanol–water partition coefficient (Wildman–Crippen LogP) is 1.98. The van der Waals surface area contributed by atoms with E-state index in [0.717, 1.165) is 0 Å². The van der Waals surface area contributed by atoms with E-state index < -0.39 is 17.9 Å². The van der Waals surface area contributed by atoms with Crippen LogP contribution in [-0.2, 0) is 0 Å². The van der Waals surface area contributed by atoms with Crippen molar-refractivity contribution in [3.05, 3.63) is 0 Å². The molecule has 0 aliphatic rings. The van der Waals surface area contributed by atoms with Gasteiger partial charge in [0.05, 0.1) is 0 Å². The van der Waals surface area contributed by atoms with E-state index in [-0.39, 0.29) is 0 Å². The highest BCUT2D eigenvalue weighted by Crippen LogP contribution is 2.10. The molecule has 0 aromatic rings. The molecule has 0 aromatic carbocycles. The molecular weight excluding hydrogens is 173 g/mol. The molecule has 4 heteroatoms. The molecule has 44 valence electrons. The normalized spacial score (nSPS) is 15.0. The van der Waals surface area contributed by atoms with Crippen molar-refractivity contribution in [3.63, 3.8) is 0 Å². The second kappa shape index (κ2) is 3.29. The minimum absolute atomic E-state index is 1.02. The third kappa shape index (κ3) is 2.91. The summed E-state index contributed by atoms with van der Waals surface area (Å²) in [6.45, 7) is -1.02. The SMILES string of the molecule is FCC(Br)C(F)F. The van der Waals surface area contributed by atoms with Crippen molar-refractivity contribution >= 4 is 15.9 Å². The molecule has 0 aromatic heterocycles. The van der Waals surface area contributed by atoms with Gasteiger partial charge in [-0.05, 0) is 0 Å². The first-order valence-electron chi connectivity index (χ1n) is 1.66. The lowest BCUT2D eigenvalue weighted by molar-refractivity contribution is 0.137. The Morgan fingerprint density at radius 2 is 1.86 bits per heavy atom. The summed E-state index contributed by atoms with van der Waals surface area (Å²) in [5.41, 5.74) is 0. The molecule has 7 heavy (non-hydrogen) atoms. The number of hydrogen-bond acceptors (Lipinski definition) is 0. The maximum absolute atomic E-state index is 11.1. The van der Waals surface area contributed by atoms with E-state index in [1.54, 1.807) is 0 Å². The van der Waals surface area contributed by atoms with Gasteiger partial charge in [-0.15, -0.1) is 0 Å². The molecule has 0 saturated carbocycles. The zero-order valence-corrected chi connectivity index (χ0v) is 4.96. The third-order valence-corrected chi connectivity index (χ3v) is 1.07. The molecule has 0 radical (unpaired) electrons. The molecule has 1 unspecified atom stereocenters. The fraction of sp³-hybridized carbons (Fsp3) is 1.00. The van der Waals surface area contributed by atoms with Gasteiger partial charge in [0.25, 0.3) is 6.43 Å². The molecule has 0 fully saturated rings.